The lowest BCUT2D eigenvalue weighted by Gasteiger charge is -2.39. The zero-order chi connectivity index (χ0) is 17.3. The summed E-state index contributed by atoms with van der Waals surface area (Å²) in [5.74, 6) is 0.921. The van der Waals surface area contributed by atoms with Gasteiger partial charge in [-0.3, -0.25) is 0 Å². The summed E-state index contributed by atoms with van der Waals surface area (Å²) in [5.41, 5.74) is 2.38. The summed E-state index contributed by atoms with van der Waals surface area (Å²) in [4.78, 5) is 0. The minimum Gasteiger partial charge on any atom is -0.508 e. The average Bonchev–Trinajstić information content (AvgIpc) is 3.08. The molecule has 0 radical (unpaired) electrons. The van der Waals surface area contributed by atoms with Crippen LogP contribution in [0.3, 0.4) is 0 Å². The topological polar surface area (TPSA) is 58.9 Å². The van der Waals surface area contributed by atoms with Crippen molar-refractivity contribution in [3.05, 3.63) is 59.7 Å². The fraction of sp³-hybridized carbons (Fsp3) is 0.429. The Hall–Kier alpha value is -2.04. The van der Waals surface area contributed by atoms with Crippen LogP contribution in [0.4, 0.5) is 0 Å². The number of phenolic OH excluding ortho intramolecular Hbond substituents is 2. The second-order valence-electron chi connectivity index (χ2n) is 7.11. The van der Waals surface area contributed by atoms with Gasteiger partial charge < -0.3 is 19.7 Å². The Bertz CT molecular complexity index is 646. The van der Waals surface area contributed by atoms with E-state index in [4.69, 9.17) is 9.47 Å². The molecule has 4 rings (SSSR count). The Morgan fingerprint density at radius 3 is 1.64 bits per heavy atom. The van der Waals surface area contributed by atoms with E-state index >= 15 is 0 Å². The third kappa shape index (κ3) is 3.37. The van der Waals surface area contributed by atoms with Gasteiger partial charge in [0.1, 0.15) is 11.5 Å². The maximum atomic E-state index is 9.63. The number of ether oxygens (including phenoxy) is 2. The summed E-state index contributed by atoms with van der Waals surface area (Å²) in [6.07, 6.45) is 3.91. The second kappa shape index (κ2) is 6.70. The number of hydrogen-bond acceptors (Lipinski definition) is 4. The molecule has 2 fully saturated rings. The maximum Gasteiger partial charge on any atom is 0.168 e. The van der Waals surface area contributed by atoms with Gasteiger partial charge in [-0.2, -0.15) is 0 Å². The molecule has 1 spiro atoms. The molecule has 2 aromatic rings. The summed E-state index contributed by atoms with van der Waals surface area (Å²) < 4.78 is 11.7. The number of benzene rings is 2. The van der Waals surface area contributed by atoms with Crippen molar-refractivity contribution in [2.75, 3.05) is 13.2 Å². The molecule has 2 N–H and O–H groups in total. The van der Waals surface area contributed by atoms with Crippen LogP contribution in [-0.4, -0.2) is 29.2 Å². The van der Waals surface area contributed by atoms with Crippen molar-refractivity contribution >= 4 is 0 Å². The average molecular weight is 340 g/mol. The standard InChI is InChI=1S/C21H24O4/c22-18-5-1-15(2-6-18)20(16-3-7-19(23)8-4-16)17-9-11-21(12-10-17)24-13-14-25-21/h1-8,17,20,22-23H,9-14H2. The highest BCUT2D eigenvalue weighted by molar-refractivity contribution is 5.38. The van der Waals surface area contributed by atoms with Crippen LogP contribution >= 0.6 is 0 Å². The van der Waals surface area contributed by atoms with Gasteiger partial charge in [0, 0.05) is 18.8 Å². The number of hydrogen-bond donors (Lipinski definition) is 2. The molecule has 2 aliphatic rings. The third-order valence-corrected chi connectivity index (χ3v) is 5.58. The van der Waals surface area contributed by atoms with Gasteiger partial charge in [0.2, 0.25) is 0 Å². The molecule has 0 amide bonds. The van der Waals surface area contributed by atoms with Crippen molar-refractivity contribution in [3.8, 4) is 11.5 Å². The minimum absolute atomic E-state index is 0.236. The van der Waals surface area contributed by atoms with Gasteiger partial charge in [0.25, 0.3) is 0 Å². The molecule has 0 atom stereocenters. The van der Waals surface area contributed by atoms with Crippen LogP contribution in [0.15, 0.2) is 48.5 Å². The first-order chi connectivity index (χ1) is 12.2. The van der Waals surface area contributed by atoms with Gasteiger partial charge in [-0.15, -0.1) is 0 Å². The summed E-state index contributed by atoms with van der Waals surface area (Å²) in [6.45, 7) is 1.40. The fourth-order valence-corrected chi connectivity index (χ4v) is 4.30. The van der Waals surface area contributed by atoms with Crippen LogP contribution in [-0.2, 0) is 9.47 Å². The lowest BCUT2D eigenvalue weighted by Crippen LogP contribution is -2.36. The van der Waals surface area contributed by atoms with Crippen molar-refractivity contribution in [1.82, 2.24) is 0 Å². The number of rotatable bonds is 3. The Balaban J connectivity index is 1.61. The van der Waals surface area contributed by atoms with E-state index in [9.17, 15) is 10.2 Å². The van der Waals surface area contributed by atoms with E-state index in [0.717, 1.165) is 25.7 Å². The van der Waals surface area contributed by atoms with E-state index < -0.39 is 0 Å². The highest BCUT2D eigenvalue weighted by atomic mass is 16.7. The minimum atomic E-state index is -0.356. The molecule has 25 heavy (non-hydrogen) atoms. The SMILES string of the molecule is Oc1ccc(C(c2ccc(O)cc2)C2CCC3(CC2)OCCO3)cc1. The molecule has 0 unspecified atom stereocenters. The van der Waals surface area contributed by atoms with Crippen LogP contribution in [0.5, 0.6) is 11.5 Å². The van der Waals surface area contributed by atoms with E-state index in [-0.39, 0.29) is 23.2 Å². The Labute approximate surface area is 148 Å². The lowest BCUT2D eigenvalue weighted by atomic mass is 9.72. The Kier molecular flexibility index (Phi) is 4.40. The smallest absolute Gasteiger partial charge is 0.168 e. The number of aromatic hydroxyl groups is 2. The van der Waals surface area contributed by atoms with Gasteiger partial charge in [0.15, 0.2) is 5.79 Å². The highest BCUT2D eigenvalue weighted by Gasteiger charge is 2.42. The molecule has 1 heterocycles. The van der Waals surface area contributed by atoms with Crippen molar-refractivity contribution in [2.24, 2.45) is 5.92 Å². The molecule has 1 saturated heterocycles. The van der Waals surface area contributed by atoms with Gasteiger partial charge in [-0.05, 0) is 54.2 Å². The van der Waals surface area contributed by atoms with Crippen LogP contribution in [0.2, 0.25) is 0 Å². The fourth-order valence-electron chi connectivity index (χ4n) is 4.30. The molecule has 1 aliphatic carbocycles. The molecule has 4 nitrogen and oxygen atoms in total. The first-order valence-electron chi connectivity index (χ1n) is 9.01. The van der Waals surface area contributed by atoms with Crippen molar-refractivity contribution in [1.29, 1.82) is 0 Å². The summed E-state index contributed by atoms with van der Waals surface area (Å²) in [6, 6.07) is 15.0. The lowest BCUT2D eigenvalue weighted by molar-refractivity contribution is -0.183. The molecular formula is C21H24O4. The summed E-state index contributed by atoms with van der Waals surface area (Å²) >= 11 is 0. The van der Waals surface area contributed by atoms with E-state index in [1.54, 1.807) is 24.3 Å². The molecule has 2 aromatic carbocycles. The van der Waals surface area contributed by atoms with E-state index in [2.05, 4.69) is 0 Å². The van der Waals surface area contributed by atoms with Gasteiger partial charge >= 0.3 is 0 Å². The van der Waals surface area contributed by atoms with E-state index in [1.165, 1.54) is 11.1 Å². The zero-order valence-corrected chi connectivity index (χ0v) is 14.2. The first kappa shape index (κ1) is 16.4. The van der Waals surface area contributed by atoms with Crippen molar-refractivity contribution in [3.63, 3.8) is 0 Å². The summed E-state index contributed by atoms with van der Waals surface area (Å²) in [5, 5.41) is 19.3. The van der Waals surface area contributed by atoms with Crippen LogP contribution < -0.4 is 0 Å². The zero-order valence-electron chi connectivity index (χ0n) is 14.2. The first-order valence-corrected chi connectivity index (χ1v) is 9.01. The maximum absolute atomic E-state index is 9.63. The summed E-state index contributed by atoms with van der Waals surface area (Å²) in [7, 11) is 0. The quantitative estimate of drug-likeness (QED) is 0.881. The second-order valence-corrected chi connectivity index (χ2v) is 7.11. The number of phenols is 2. The third-order valence-electron chi connectivity index (χ3n) is 5.58. The van der Waals surface area contributed by atoms with Gasteiger partial charge in [-0.1, -0.05) is 24.3 Å². The highest BCUT2D eigenvalue weighted by Crippen LogP contribution is 2.46. The van der Waals surface area contributed by atoms with Crippen molar-refractivity contribution < 1.29 is 19.7 Å². The predicted octanol–water partition coefficient (Wildman–Crippen LogP) is 4.16. The van der Waals surface area contributed by atoms with E-state index in [1.807, 2.05) is 24.3 Å². The van der Waals surface area contributed by atoms with E-state index in [0.29, 0.717) is 19.1 Å². The van der Waals surface area contributed by atoms with Gasteiger partial charge in [-0.25, -0.2) is 0 Å². The van der Waals surface area contributed by atoms with Crippen LogP contribution in [0, 0.1) is 5.92 Å². The van der Waals surface area contributed by atoms with Crippen molar-refractivity contribution in [2.45, 2.75) is 37.4 Å². The monoisotopic (exact) mass is 340 g/mol. The Morgan fingerprint density at radius 2 is 1.20 bits per heavy atom. The molecule has 0 bridgehead atoms. The molecular weight excluding hydrogens is 316 g/mol. The molecule has 132 valence electrons. The molecule has 1 saturated carbocycles. The van der Waals surface area contributed by atoms with Gasteiger partial charge in [0.05, 0.1) is 13.2 Å². The predicted molar refractivity (Wildman–Crippen MR) is 94.6 cm³/mol. The normalized spacial score (nSPS) is 20.4. The molecule has 4 heteroatoms. The Morgan fingerprint density at radius 1 is 0.760 bits per heavy atom. The largest absolute Gasteiger partial charge is 0.508 e. The molecule has 0 aromatic heterocycles. The van der Waals surface area contributed by atoms with Crippen LogP contribution in [0.25, 0.3) is 0 Å². The van der Waals surface area contributed by atoms with Crippen LogP contribution in [0.1, 0.15) is 42.7 Å². The molecule has 1 aliphatic heterocycles.